The minimum Gasteiger partial charge on any atom is -0.329 e. The minimum atomic E-state index is 0.412. The summed E-state index contributed by atoms with van der Waals surface area (Å²) in [6, 6.07) is 10.4. The second-order valence-electron chi connectivity index (χ2n) is 7.35. The van der Waals surface area contributed by atoms with Crippen LogP contribution in [0.3, 0.4) is 0 Å². The average Bonchev–Trinajstić information content (AvgIpc) is 3.36. The second kappa shape index (κ2) is 6.50. The first-order chi connectivity index (χ1) is 10.2. The van der Waals surface area contributed by atoms with Gasteiger partial charge in [0.15, 0.2) is 0 Å². The monoisotopic (exact) mass is 286 g/mol. The van der Waals surface area contributed by atoms with Crippen LogP contribution in [-0.2, 0) is 0 Å². The lowest BCUT2D eigenvalue weighted by Gasteiger charge is -2.32. The molecule has 2 saturated carbocycles. The molecule has 0 amide bonds. The lowest BCUT2D eigenvalue weighted by molar-refractivity contribution is 0.180. The smallest absolute Gasteiger partial charge is 0.0473 e. The van der Waals surface area contributed by atoms with E-state index in [1.807, 2.05) is 0 Å². The van der Waals surface area contributed by atoms with Crippen LogP contribution in [0.4, 0.5) is 0 Å². The zero-order valence-corrected chi connectivity index (χ0v) is 13.6. The molecule has 0 heterocycles. The van der Waals surface area contributed by atoms with Gasteiger partial charge in [-0.3, -0.25) is 4.90 Å². The van der Waals surface area contributed by atoms with Crippen molar-refractivity contribution < 1.29 is 0 Å². The van der Waals surface area contributed by atoms with Crippen LogP contribution >= 0.6 is 0 Å². The summed E-state index contributed by atoms with van der Waals surface area (Å²) >= 11 is 0. The van der Waals surface area contributed by atoms with Crippen molar-refractivity contribution in [2.24, 2.45) is 11.7 Å². The van der Waals surface area contributed by atoms with Gasteiger partial charge in [-0.1, -0.05) is 38.1 Å². The van der Waals surface area contributed by atoms with Gasteiger partial charge in [0.1, 0.15) is 0 Å². The van der Waals surface area contributed by atoms with E-state index in [1.165, 1.54) is 49.8 Å². The fraction of sp³-hybridized carbons (Fsp3) is 0.684. The Morgan fingerprint density at radius 2 is 1.95 bits per heavy atom. The van der Waals surface area contributed by atoms with Gasteiger partial charge >= 0.3 is 0 Å². The van der Waals surface area contributed by atoms with E-state index in [0.29, 0.717) is 6.04 Å². The molecule has 0 radical (unpaired) electrons. The molecule has 1 unspecified atom stereocenters. The number of benzene rings is 1. The standard InChI is InChI=1S/C19H30N2/c1-14(2)10-11-21(18-8-9-18)19(13-20)17-5-3-4-16(12-17)15-6-7-15/h3-5,12,14-15,18-19H,6-11,13,20H2,1-2H3. The first-order valence-electron chi connectivity index (χ1n) is 8.74. The summed E-state index contributed by atoms with van der Waals surface area (Å²) in [5.41, 5.74) is 9.15. The van der Waals surface area contributed by atoms with Crippen molar-refractivity contribution in [2.75, 3.05) is 13.1 Å². The van der Waals surface area contributed by atoms with Crippen LogP contribution in [0.15, 0.2) is 24.3 Å². The highest BCUT2D eigenvalue weighted by atomic mass is 15.2. The molecule has 2 aliphatic rings. The summed E-state index contributed by atoms with van der Waals surface area (Å²) in [6.07, 6.45) is 6.73. The summed E-state index contributed by atoms with van der Waals surface area (Å²) in [7, 11) is 0. The summed E-state index contributed by atoms with van der Waals surface area (Å²) in [5, 5.41) is 0. The predicted molar refractivity (Wildman–Crippen MR) is 89.4 cm³/mol. The number of nitrogens with zero attached hydrogens (tertiary/aromatic N) is 1. The van der Waals surface area contributed by atoms with Gasteiger partial charge in [0.25, 0.3) is 0 Å². The number of nitrogens with two attached hydrogens (primary N) is 1. The van der Waals surface area contributed by atoms with Crippen LogP contribution < -0.4 is 5.73 Å². The molecule has 2 aliphatic carbocycles. The maximum Gasteiger partial charge on any atom is 0.0473 e. The molecule has 0 aliphatic heterocycles. The maximum absolute atomic E-state index is 6.18. The van der Waals surface area contributed by atoms with E-state index < -0.39 is 0 Å². The largest absolute Gasteiger partial charge is 0.329 e. The molecular weight excluding hydrogens is 256 g/mol. The van der Waals surface area contributed by atoms with Gasteiger partial charge in [-0.15, -0.1) is 0 Å². The molecule has 116 valence electrons. The Morgan fingerprint density at radius 1 is 1.19 bits per heavy atom. The van der Waals surface area contributed by atoms with Crippen molar-refractivity contribution >= 4 is 0 Å². The first kappa shape index (κ1) is 15.1. The average molecular weight is 286 g/mol. The third-order valence-corrected chi connectivity index (χ3v) is 4.95. The van der Waals surface area contributed by atoms with Crippen molar-refractivity contribution in [3.05, 3.63) is 35.4 Å². The number of hydrogen-bond acceptors (Lipinski definition) is 2. The zero-order chi connectivity index (χ0) is 14.8. The van der Waals surface area contributed by atoms with E-state index in [1.54, 1.807) is 0 Å². The van der Waals surface area contributed by atoms with Gasteiger partial charge < -0.3 is 5.73 Å². The molecule has 0 saturated heterocycles. The van der Waals surface area contributed by atoms with Crippen LogP contribution in [0.2, 0.25) is 0 Å². The van der Waals surface area contributed by atoms with Crippen LogP contribution in [0.25, 0.3) is 0 Å². The minimum absolute atomic E-state index is 0.412. The summed E-state index contributed by atoms with van der Waals surface area (Å²) in [5.74, 6) is 1.59. The molecule has 0 bridgehead atoms. The molecule has 21 heavy (non-hydrogen) atoms. The fourth-order valence-electron chi connectivity index (χ4n) is 3.31. The highest BCUT2D eigenvalue weighted by Gasteiger charge is 2.34. The highest BCUT2D eigenvalue weighted by molar-refractivity contribution is 5.31. The van der Waals surface area contributed by atoms with Crippen molar-refractivity contribution in [1.29, 1.82) is 0 Å². The molecule has 3 rings (SSSR count). The third-order valence-electron chi connectivity index (χ3n) is 4.95. The SMILES string of the molecule is CC(C)CCN(C1CC1)C(CN)c1cccc(C2CC2)c1. The predicted octanol–water partition coefficient (Wildman–Crippen LogP) is 4.07. The molecule has 1 atom stereocenters. The summed E-state index contributed by atoms with van der Waals surface area (Å²) < 4.78 is 0. The second-order valence-corrected chi connectivity index (χ2v) is 7.35. The normalized spacial score (nSPS) is 20.2. The quantitative estimate of drug-likeness (QED) is 0.780. The Kier molecular flexibility index (Phi) is 4.66. The van der Waals surface area contributed by atoms with Gasteiger partial charge in [-0.05, 0) is 61.6 Å². The van der Waals surface area contributed by atoms with Crippen LogP contribution in [0.1, 0.15) is 69.0 Å². The molecule has 0 aromatic heterocycles. The molecule has 1 aromatic rings. The van der Waals surface area contributed by atoms with Crippen molar-refractivity contribution in [3.63, 3.8) is 0 Å². The van der Waals surface area contributed by atoms with Gasteiger partial charge in [0.05, 0.1) is 0 Å². The molecule has 2 heteroatoms. The molecule has 1 aromatic carbocycles. The third kappa shape index (κ3) is 3.87. The molecule has 2 N–H and O–H groups in total. The zero-order valence-electron chi connectivity index (χ0n) is 13.6. The van der Waals surface area contributed by atoms with E-state index in [0.717, 1.165) is 24.4 Å². The van der Waals surface area contributed by atoms with E-state index in [4.69, 9.17) is 5.73 Å². The van der Waals surface area contributed by atoms with Gasteiger partial charge in [0, 0.05) is 18.6 Å². The molecule has 0 spiro atoms. The van der Waals surface area contributed by atoms with Crippen molar-refractivity contribution in [3.8, 4) is 0 Å². The lowest BCUT2D eigenvalue weighted by Crippen LogP contribution is -2.36. The van der Waals surface area contributed by atoms with Crippen LogP contribution in [0.5, 0.6) is 0 Å². The maximum atomic E-state index is 6.18. The van der Waals surface area contributed by atoms with E-state index in [-0.39, 0.29) is 0 Å². The number of hydrogen-bond donors (Lipinski definition) is 1. The summed E-state index contributed by atoms with van der Waals surface area (Å²) in [6.45, 7) is 6.56. The van der Waals surface area contributed by atoms with Gasteiger partial charge in [0.2, 0.25) is 0 Å². The van der Waals surface area contributed by atoms with Crippen LogP contribution in [-0.4, -0.2) is 24.0 Å². The van der Waals surface area contributed by atoms with Crippen molar-refractivity contribution in [1.82, 2.24) is 4.90 Å². The van der Waals surface area contributed by atoms with E-state index in [9.17, 15) is 0 Å². The highest BCUT2D eigenvalue weighted by Crippen LogP contribution is 2.41. The Balaban J connectivity index is 1.76. The Bertz CT molecular complexity index is 460. The van der Waals surface area contributed by atoms with Gasteiger partial charge in [-0.25, -0.2) is 0 Å². The fourth-order valence-corrected chi connectivity index (χ4v) is 3.31. The van der Waals surface area contributed by atoms with E-state index >= 15 is 0 Å². The topological polar surface area (TPSA) is 29.3 Å². The van der Waals surface area contributed by atoms with Crippen molar-refractivity contribution in [2.45, 2.75) is 64.0 Å². The first-order valence-corrected chi connectivity index (χ1v) is 8.74. The summed E-state index contributed by atoms with van der Waals surface area (Å²) in [4.78, 5) is 2.69. The van der Waals surface area contributed by atoms with E-state index in [2.05, 4.69) is 43.0 Å². The Morgan fingerprint density at radius 3 is 2.52 bits per heavy atom. The molecular formula is C19H30N2. The Hall–Kier alpha value is -0.860. The van der Waals surface area contributed by atoms with Gasteiger partial charge in [-0.2, -0.15) is 0 Å². The lowest BCUT2D eigenvalue weighted by atomic mass is 9.99. The molecule has 2 fully saturated rings. The Labute approximate surface area is 129 Å². The number of rotatable bonds is 8. The molecule has 2 nitrogen and oxygen atoms in total. The van der Waals surface area contributed by atoms with Crippen LogP contribution in [0, 0.1) is 5.92 Å².